The molecule has 0 bridgehead atoms. The third kappa shape index (κ3) is 8.05. The fraction of sp³-hybridized carbons (Fsp3) is 0.241. The Hall–Kier alpha value is -4.37. The number of hydrogen-bond donors (Lipinski definition) is 4. The largest absolute Gasteiger partial charge is 0.374 e. The summed E-state index contributed by atoms with van der Waals surface area (Å²) in [5.74, 6) is -3.87. The van der Waals surface area contributed by atoms with Crippen LogP contribution in [0, 0.1) is 5.41 Å². The first-order chi connectivity index (χ1) is 18.6. The molecule has 0 radical (unpaired) electrons. The van der Waals surface area contributed by atoms with Gasteiger partial charge in [0.25, 0.3) is 17.6 Å². The van der Waals surface area contributed by atoms with Gasteiger partial charge in [0.05, 0.1) is 23.1 Å². The van der Waals surface area contributed by atoms with Crippen LogP contribution in [0.25, 0.3) is 10.8 Å². The Balaban J connectivity index is 1.76. The van der Waals surface area contributed by atoms with Gasteiger partial charge in [-0.25, -0.2) is 0 Å². The van der Waals surface area contributed by atoms with Crippen LogP contribution >= 0.6 is 11.6 Å². The van der Waals surface area contributed by atoms with Gasteiger partial charge in [-0.1, -0.05) is 41.9 Å². The molecule has 0 heterocycles. The molecular formula is C29H29ClN4O5. The highest BCUT2D eigenvalue weighted by Crippen LogP contribution is 2.23. The van der Waals surface area contributed by atoms with Gasteiger partial charge in [-0.3, -0.25) is 29.4 Å². The van der Waals surface area contributed by atoms with E-state index in [2.05, 4.69) is 16.0 Å². The number of carbonyl (C=O) groups excluding carboxylic acids is 5. The average molecular weight is 549 g/mol. The number of hydrogen-bond acceptors (Lipinski definition) is 6. The van der Waals surface area contributed by atoms with E-state index < -0.39 is 35.2 Å². The number of nitrogens with one attached hydrogen (secondary N) is 4. The van der Waals surface area contributed by atoms with Crippen molar-refractivity contribution in [1.29, 1.82) is 5.41 Å². The van der Waals surface area contributed by atoms with Gasteiger partial charge in [-0.15, -0.1) is 0 Å². The molecule has 3 aromatic carbocycles. The van der Waals surface area contributed by atoms with E-state index in [-0.39, 0.29) is 22.7 Å². The van der Waals surface area contributed by atoms with Crippen LogP contribution in [0.3, 0.4) is 0 Å². The quantitative estimate of drug-likeness (QED) is 0.0871. The number of rotatable bonds is 12. The minimum Gasteiger partial charge on any atom is -0.374 e. The normalized spacial score (nSPS) is 11.4. The molecule has 0 aliphatic heterocycles. The van der Waals surface area contributed by atoms with Crippen molar-refractivity contribution in [1.82, 2.24) is 10.6 Å². The highest BCUT2D eigenvalue weighted by atomic mass is 35.5. The summed E-state index contributed by atoms with van der Waals surface area (Å²) < 4.78 is 0. The van der Waals surface area contributed by atoms with Crippen LogP contribution in [0.2, 0.25) is 5.02 Å². The highest BCUT2D eigenvalue weighted by Gasteiger charge is 2.28. The van der Waals surface area contributed by atoms with Crippen molar-refractivity contribution in [3.05, 3.63) is 76.8 Å². The Labute approximate surface area is 230 Å². The van der Waals surface area contributed by atoms with Crippen molar-refractivity contribution in [2.24, 2.45) is 0 Å². The number of fused-ring (bicyclic) bond motifs is 1. The van der Waals surface area contributed by atoms with Gasteiger partial charge in [0.15, 0.2) is 5.78 Å². The van der Waals surface area contributed by atoms with Crippen molar-refractivity contribution in [2.75, 3.05) is 11.9 Å². The number of ketones is 3. The first-order valence-electron chi connectivity index (χ1n) is 12.4. The van der Waals surface area contributed by atoms with Crippen LogP contribution in [-0.2, 0) is 14.4 Å². The second kappa shape index (κ2) is 13.4. The molecule has 39 heavy (non-hydrogen) atoms. The second-order valence-corrected chi connectivity index (χ2v) is 9.47. The highest BCUT2D eigenvalue weighted by molar-refractivity contribution is 6.46. The molecule has 1 atom stereocenters. The predicted octanol–water partition coefficient (Wildman–Crippen LogP) is 4.33. The van der Waals surface area contributed by atoms with Gasteiger partial charge in [0.2, 0.25) is 5.78 Å². The zero-order valence-electron chi connectivity index (χ0n) is 21.6. The number of benzene rings is 3. The van der Waals surface area contributed by atoms with Crippen LogP contribution in [0.4, 0.5) is 5.69 Å². The van der Waals surface area contributed by atoms with Crippen molar-refractivity contribution in [2.45, 2.75) is 39.2 Å². The summed E-state index contributed by atoms with van der Waals surface area (Å²) in [4.78, 5) is 63.2. The molecule has 0 spiro atoms. The number of amidine groups is 1. The summed E-state index contributed by atoms with van der Waals surface area (Å²) in [6.45, 7) is 3.19. The molecule has 3 rings (SSSR count). The molecule has 2 amide bonds. The first-order valence-corrected chi connectivity index (χ1v) is 12.7. The van der Waals surface area contributed by atoms with E-state index in [9.17, 15) is 24.0 Å². The summed E-state index contributed by atoms with van der Waals surface area (Å²) in [6, 6.07) is 15.7. The molecule has 3 aromatic rings. The van der Waals surface area contributed by atoms with Crippen molar-refractivity contribution < 1.29 is 24.0 Å². The summed E-state index contributed by atoms with van der Waals surface area (Å²) in [6.07, 6.45) is 1.18. The standard InChI is InChI=1S/C29H29ClN4O5/c1-17(35)26(36)25(9-5-6-14-32-18(2)31)34-29(39)27(37)23-16-22(30)12-13-24(23)33-28(38)21-11-10-19-7-3-4-8-20(19)15-21/h3-4,7-8,10-13,15-16,25H,5-6,9,14H2,1-2H3,(H2,31,32)(H,33,38)(H,34,39). The van der Waals surface area contributed by atoms with E-state index in [1.165, 1.54) is 18.2 Å². The molecule has 0 fully saturated rings. The third-order valence-electron chi connectivity index (χ3n) is 5.97. The van der Waals surface area contributed by atoms with Crippen molar-refractivity contribution >= 4 is 63.1 Å². The molecule has 0 saturated carbocycles. The van der Waals surface area contributed by atoms with Crippen molar-refractivity contribution in [3.8, 4) is 0 Å². The Morgan fingerprint density at radius 2 is 1.62 bits per heavy atom. The van der Waals surface area contributed by atoms with Crippen LogP contribution in [-0.4, -0.2) is 47.6 Å². The van der Waals surface area contributed by atoms with Gasteiger partial charge < -0.3 is 16.0 Å². The minimum absolute atomic E-state index is 0.0697. The van der Waals surface area contributed by atoms with E-state index in [4.69, 9.17) is 17.0 Å². The Morgan fingerprint density at radius 1 is 0.897 bits per heavy atom. The maximum absolute atomic E-state index is 13.1. The predicted molar refractivity (Wildman–Crippen MR) is 151 cm³/mol. The number of Topliss-reactive ketones (excluding diaryl/α,β-unsaturated/α-hetero) is 3. The SMILES string of the molecule is CC(=N)NCCCCC(NC(=O)C(=O)c1cc(Cl)ccc1NC(=O)c1ccc2ccccc2c1)C(=O)C(C)=O. The lowest BCUT2D eigenvalue weighted by molar-refractivity contribution is -0.137. The smallest absolute Gasteiger partial charge is 0.293 e. The maximum atomic E-state index is 13.1. The van der Waals surface area contributed by atoms with Crippen molar-refractivity contribution in [3.63, 3.8) is 0 Å². The van der Waals surface area contributed by atoms with Crippen LogP contribution < -0.4 is 16.0 Å². The number of unbranched alkanes of at least 4 members (excludes halogenated alkanes) is 1. The molecule has 0 aliphatic rings. The number of halogens is 1. The van der Waals surface area contributed by atoms with E-state index >= 15 is 0 Å². The molecule has 1 unspecified atom stereocenters. The Morgan fingerprint density at radius 3 is 2.31 bits per heavy atom. The fourth-order valence-electron chi connectivity index (χ4n) is 3.95. The van der Waals surface area contributed by atoms with Crippen LogP contribution in [0.5, 0.6) is 0 Å². The Bertz CT molecular complexity index is 1450. The van der Waals surface area contributed by atoms with Gasteiger partial charge in [0, 0.05) is 24.1 Å². The number of anilines is 1. The van der Waals surface area contributed by atoms with Crippen LogP contribution in [0.15, 0.2) is 60.7 Å². The molecule has 9 nitrogen and oxygen atoms in total. The zero-order chi connectivity index (χ0) is 28.5. The summed E-state index contributed by atoms with van der Waals surface area (Å²) in [5.41, 5.74) is 0.264. The van der Waals surface area contributed by atoms with E-state index in [0.717, 1.165) is 17.7 Å². The molecule has 0 aliphatic carbocycles. The van der Waals surface area contributed by atoms with E-state index in [0.29, 0.717) is 30.8 Å². The molecule has 10 heteroatoms. The van der Waals surface area contributed by atoms with E-state index in [1.54, 1.807) is 25.1 Å². The molecular weight excluding hydrogens is 520 g/mol. The summed E-state index contributed by atoms with van der Waals surface area (Å²) in [7, 11) is 0. The number of carbonyl (C=O) groups is 5. The van der Waals surface area contributed by atoms with E-state index in [1.807, 2.05) is 24.3 Å². The molecule has 0 saturated heterocycles. The topological polar surface area (TPSA) is 145 Å². The maximum Gasteiger partial charge on any atom is 0.293 e. The number of amides is 2. The van der Waals surface area contributed by atoms with Crippen LogP contribution in [0.1, 0.15) is 53.8 Å². The van der Waals surface area contributed by atoms with Gasteiger partial charge in [-0.05, 0) is 67.3 Å². The van der Waals surface area contributed by atoms with Gasteiger partial charge in [-0.2, -0.15) is 0 Å². The molecule has 4 N–H and O–H groups in total. The lowest BCUT2D eigenvalue weighted by Crippen LogP contribution is -2.46. The third-order valence-corrected chi connectivity index (χ3v) is 6.21. The molecule has 0 aromatic heterocycles. The lowest BCUT2D eigenvalue weighted by Gasteiger charge is -2.17. The average Bonchev–Trinajstić information content (AvgIpc) is 2.91. The monoisotopic (exact) mass is 548 g/mol. The summed E-state index contributed by atoms with van der Waals surface area (Å²) >= 11 is 6.09. The fourth-order valence-corrected chi connectivity index (χ4v) is 4.12. The summed E-state index contributed by atoms with van der Waals surface area (Å²) in [5, 5.41) is 17.2. The minimum atomic E-state index is -1.19. The van der Waals surface area contributed by atoms with Gasteiger partial charge >= 0.3 is 0 Å². The second-order valence-electron chi connectivity index (χ2n) is 9.03. The van der Waals surface area contributed by atoms with Gasteiger partial charge in [0.1, 0.15) is 0 Å². The molecule has 202 valence electrons. The Kier molecular flexibility index (Phi) is 10.1. The first kappa shape index (κ1) is 29.2. The lowest BCUT2D eigenvalue weighted by atomic mass is 10.0. The zero-order valence-corrected chi connectivity index (χ0v) is 22.4.